The third-order valence-corrected chi connectivity index (χ3v) is 4.54. The molecule has 1 heterocycles. The number of carbonyl (C=O) groups is 2. The van der Waals surface area contributed by atoms with Crippen LogP contribution in [0, 0.1) is 11.8 Å². The van der Waals surface area contributed by atoms with Gasteiger partial charge in [0.2, 0.25) is 5.91 Å². The second-order valence-corrected chi connectivity index (χ2v) is 6.27. The average Bonchev–Trinajstić information content (AvgIpc) is 3.36. The fourth-order valence-corrected chi connectivity index (χ4v) is 2.88. The molecule has 3 rings (SSSR count). The van der Waals surface area contributed by atoms with E-state index >= 15 is 0 Å². The van der Waals surface area contributed by atoms with E-state index in [-0.39, 0.29) is 23.4 Å². The maximum atomic E-state index is 11.9. The van der Waals surface area contributed by atoms with Gasteiger partial charge in [-0.1, -0.05) is 0 Å². The summed E-state index contributed by atoms with van der Waals surface area (Å²) in [5.41, 5.74) is -0.217. The molecule has 1 amide bonds. The molecule has 2 saturated carbocycles. The first kappa shape index (κ1) is 13.9. The lowest BCUT2D eigenvalue weighted by Crippen LogP contribution is -2.30. The molecule has 3 aliphatic rings. The Morgan fingerprint density at radius 2 is 2.05 bits per heavy atom. The van der Waals surface area contributed by atoms with Crippen molar-refractivity contribution in [3.63, 3.8) is 0 Å². The lowest BCUT2D eigenvalue weighted by molar-refractivity contribution is -0.154. The van der Waals surface area contributed by atoms with Crippen LogP contribution in [0.1, 0.15) is 44.9 Å². The standard InChI is InChI=1S/C15H23NO4/c17-13(2-1-8-16-14(18)11-3-4-11)20-15(6-7-15)12-5-9-19-10-12/h11-12H,1-10H2,(H,16,18). The van der Waals surface area contributed by atoms with E-state index < -0.39 is 0 Å². The van der Waals surface area contributed by atoms with Gasteiger partial charge < -0.3 is 14.8 Å². The molecule has 0 aromatic rings. The van der Waals surface area contributed by atoms with Crippen LogP contribution < -0.4 is 5.32 Å². The van der Waals surface area contributed by atoms with Gasteiger partial charge in [-0.05, 0) is 38.5 Å². The van der Waals surface area contributed by atoms with Crippen LogP contribution in [0.4, 0.5) is 0 Å². The van der Waals surface area contributed by atoms with Crippen LogP contribution in [0.15, 0.2) is 0 Å². The molecule has 0 aromatic heterocycles. The van der Waals surface area contributed by atoms with E-state index in [2.05, 4.69) is 5.32 Å². The van der Waals surface area contributed by atoms with Crippen LogP contribution in [0.25, 0.3) is 0 Å². The molecular weight excluding hydrogens is 258 g/mol. The van der Waals surface area contributed by atoms with Crippen LogP contribution in [0.2, 0.25) is 0 Å². The van der Waals surface area contributed by atoms with Crippen molar-refractivity contribution in [2.45, 2.75) is 50.5 Å². The van der Waals surface area contributed by atoms with Crippen molar-refractivity contribution in [1.29, 1.82) is 0 Å². The molecule has 0 bridgehead atoms. The Morgan fingerprint density at radius 3 is 2.65 bits per heavy atom. The molecular formula is C15H23NO4. The lowest BCUT2D eigenvalue weighted by Gasteiger charge is -2.22. The summed E-state index contributed by atoms with van der Waals surface area (Å²) in [5, 5.41) is 2.87. The highest BCUT2D eigenvalue weighted by atomic mass is 16.6. The summed E-state index contributed by atoms with van der Waals surface area (Å²) in [5.74, 6) is 0.635. The van der Waals surface area contributed by atoms with E-state index in [1.54, 1.807) is 0 Å². The molecule has 20 heavy (non-hydrogen) atoms. The van der Waals surface area contributed by atoms with Crippen molar-refractivity contribution in [2.24, 2.45) is 11.8 Å². The smallest absolute Gasteiger partial charge is 0.306 e. The van der Waals surface area contributed by atoms with Gasteiger partial charge in [-0.2, -0.15) is 0 Å². The molecule has 3 fully saturated rings. The van der Waals surface area contributed by atoms with Crippen molar-refractivity contribution in [1.82, 2.24) is 5.32 Å². The normalized spacial score (nSPS) is 27.1. The molecule has 2 aliphatic carbocycles. The van der Waals surface area contributed by atoms with E-state index in [9.17, 15) is 9.59 Å². The Labute approximate surface area is 119 Å². The van der Waals surface area contributed by atoms with Gasteiger partial charge in [0, 0.05) is 31.4 Å². The van der Waals surface area contributed by atoms with Crippen LogP contribution >= 0.6 is 0 Å². The summed E-state index contributed by atoms with van der Waals surface area (Å²) >= 11 is 0. The first-order valence-corrected chi connectivity index (χ1v) is 7.77. The molecule has 1 atom stereocenters. The number of carbonyl (C=O) groups excluding carboxylic acids is 2. The first-order valence-electron chi connectivity index (χ1n) is 7.77. The quantitative estimate of drug-likeness (QED) is 0.566. The first-order chi connectivity index (χ1) is 9.70. The Hall–Kier alpha value is -1.10. The lowest BCUT2D eigenvalue weighted by atomic mass is 9.99. The maximum absolute atomic E-state index is 11.9. The molecule has 1 saturated heterocycles. The minimum absolute atomic E-state index is 0.130. The van der Waals surface area contributed by atoms with Crippen molar-refractivity contribution < 1.29 is 19.1 Å². The summed E-state index contributed by atoms with van der Waals surface area (Å²) in [7, 11) is 0. The van der Waals surface area contributed by atoms with Crippen LogP contribution in [-0.4, -0.2) is 37.2 Å². The van der Waals surface area contributed by atoms with Gasteiger partial charge in [0.05, 0.1) is 6.61 Å². The predicted octanol–water partition coefficient (Wildman–Crippen LogP) is 1.41. The highest BCUT2D eigenvalue weighted by molar-refractivity contribution is 5.80. The third kappa shape index (κ3) is 3.32. The molecule has 5 heteroatoms. The molecule has 0 aromatic carbocycles. The number of nitrogens with one attached hydrogen (secondary N) is 1. The van der Waals surface area contributed by atoms with Gasteiger partial charge in [-0.25, -0.2) is 0 Å². The van der Waals surface area contributed by atoms with Crippen LogP contribution in [0.5, 0.6) is 0 Å². The molecule has 0 radical (unpaired) electrons. The maximum Gasteiger partial charge on any atom is 0.306 e. The zero-order valence-electron chi connectivity index (χ0n) is 11.9. The minimum atomic E-state index is -0.217. The number of esters is 1. The minimum Gasteiger partial charge on any atom is -0.459 e. The molecule has 112 valence electrons. The number of hydrogen-bond acceptors (Lipinski definition) is 4. The summed E-state index contributed by atoms with van der Waals surface area (Å²) in [6, 6.07) is 0. The third-order valence-electron chi connectivity index (χ3n) is 4.54. The van der Waals surface area contributed by atoms with E-state index in [4.69, 9.17) is 9.47 Å². The second kappa shape index (κ2) is 5.72. The van der Waals surface area contributed by atoms with Gasteiger partial charge in [0.15, 0.2) is 0 Å². The Morgan fingerprint density at radius 1 is 1.25 bits per heavy atom. The van der Waals surface area contributed by atoms with Gasteiger partial charge in [0.1, 0.15) is 5.60 Å². The topological polar surface area (TPSA) is 64.6 Å². The molecule has 1 unspecified atom stereocenters. The average molecular weight is 281 g/mol. The van der Waals surface area contributed by atoms with Crippen molar-refractivity contribution in [3.8, 4) is 0 Å². The van der Waals surface area contributed by atoms with Crippen molar-refractivity contribution in [2.75, 3.05) is 19.8 Å². The van der Waals surface area contributed by atoms with Gasteiger partial charge in [-0.3, -0.25) is 9.59 Å². The number of rotatable bonds is 7. The Bertz CT molecular complexity index is 381. The Balaban J connectivity index is 1.32. The summed E-state index contributed by atoms with van der Waals surface area (Å²) in [4.78, 5) is 23.3. The number of amides is 1. The Kier molecular flexibility index (Phi) is 3.96. The molecule has 0 spiro atoms. The second-order valence-electron chi connectivity index (χ2n) is 6.27. The predicted molar refractivity (Wildman–Crippen MR) is 72.0 cm³/mol. The fraction of sp³-hybridized carbons (Fsp3) is 0.867. The van der Waals surface area contributed by atoms with E-state index in [0.29, 0.717) is 25.3 Å². The van der Waals surface area contributed by atoms with Gasteiger partial charge in [0.25, 0.3) is 0 Å². The van der Waals surface area contributed by atoms with E-state index in [0.717, 1.165) is 45.3 Å². The highest BCUT2D eigenvalue weighted by Crippen LogP contribution is 2.49. The number of hydrogen-bond donors (Lipinski definition) is 1. The van der Waals surface area contributed by atoms with Crippen LogP contribution in [0.3, 0.4) is 0 Å². The van der Waals surface area contributed by atoms with E-state index in [1.807, 2.05) is 0 Å². The largest absolute Gasteiger partial charge is 0.459 e. The van der Waals surface area contributed by atoms with Gasteiger partial charge >= 0.3 is 5.97 Å². The van der Waals surface area contributed by atoms with Crippen molar-refractivity contribution >= 4 is 11.9 Å². The summed E-state index contributed by atoms with van der Waals surface area (Å²) in [6.45, 7) is 2.09. The summed E-state index contributed by atoms with van der Waals surface area (Å²) in [6.07, 6.45) is 6.04. The van der Waals surface area contributed by atoms with Gasteiger partial charge in [-0.15, -0.1) is 0 Å². The summed E-state index contributed by atoms with van der Waals surface area (Å²) < 4.78 is 11.0. The van der Waals surface area contributed by atoms with Crippen LogP contribution in [-0.2, 0) is 19.1 Å². The fourth-order valence-electron chi connectivity index (χ4n) is 2.88. The van der Waals surface area contributed by atoms with Crippen molar-refractivity contribution in [3.05, 3.63) is 0 Å². The zero-order valence-corrected chi connectivity index (χ0v) is 11.9. The molecule has 1 aliphatic heterocycles. The highest BCUT2D eigenvalue weighted by Gasteiger charge is 2.54. The van der Waals surface area contributed by atoms with E-state index in [1.165, 1.54) is 0 Å². The molecule has 5 nitrogen and oxygen atoms in total. The molecule has 1 N–H and O–H groups in total. The number of ether oxygens (including phenoxy) is 2. The SMILES string of the molecule is O=C(CCCNC(=O)C1CC1)OC1(C2CCOC2)CC1. The zero-order chi connectivity index (χ0) is 14.0. The monoisotopic (exact) mass is 281 g/mol.